The van der Waals surface area contributed by atoms with E-state index in [-0.39, 0.29) is 5.82 Å². The first-order chi connectivity index (χ1) is 26.2. The summed E-state index contributed by atoms with van der Waals surface area (Å²) in [6.45, 7) is 0. The lowest BCUT2D eigenvalue weighted by Crippen LogP contribution is -2.03. The van der Waals surface area contributed by atoms with Gasteiger partial charge >= 0.3 is 0 Å². The molecule has 0 radical (unpaired) electrons. The minimum absolute atomic E-state index is 0.223. The highest BCUT2D eigenvalue weighted by Crippen LogP contribution is 2.48. The van der Waals surface area contributed by atoms with E-state index in [1.807, 2.05) is 18.2 Å². The van der Waals surface area contributed by atoms with Crippen LogP contribution in [0.25, 0.3) is 92.8 Å². The maximum Gasteiger partial charge on any atom is 0.147 e. The number of nitrogens with zero attached hydrogens (tertiary/aromatic N) is 2. The summed E-state index contributed by atoms with van der Waals surface area (Å²) in [7, 11) is 0. The highest BCUT2D eigenvalue weighted by atomic mass is 32.1. The van der Waals surface area contributed by atoms with Gasteiger partial charge in [-0.15, -0.1) is 11.3 Å². The van der Waals surface area contributed by atoms with Crippen molar-refractivity contribution in [3.05, 3.63) is 194 Å². The molecule has 0 spiro atoms. The molecule has 0 fully saturated rings. The van der Waals surface area contributed by atoms with Gasteiger partial charge in [-0.25, -0.2) is 9.37 Å². The van der Waals surface area contributed by atoms with Gasteiger partial charge in [0.05, 0.1) is 16.7 Å². The Balaban J connectivity index is 1.31. The van der Waals surface area contributed by atoms with Crippen molar-refractivity contribution >= 4 is 42.5 Å². The number of para-hydroxylation sites is 3. The van der Waals surface area contributed by atoms with Crippen LogP contribution in [0.2, 0.25) is 0 Å². The summed E-state index contributed by atoms with van der Waals surface area (Å²) in [5, 5.41) is 2.31. The Morgan fingerprint density at radius 1 is 0.453 bits per heavy atom. The van der Waals surface area contributed by atoms with Crippen molar-refractivity contribution in [1.82, 2.24) is 9.55 Å². The average molecular weight is 699 g/mol. The highest BCUT2D eigenvalue weighted by molar-refractivity contribution is 7.26. The molecule has 0 aliphatic rings. The second kappa shape index (κ2) is 12.9. The van der Waals surface area contributed by atoms with Gasteiger partial charge in [0.1, 0.15) is 11.6 Å². The van der Waals surface area contributed by atoms with Crippen molar-refractivity contribution in [3.63, 3.8) is 0 Å². The van der Waals surface area contributed by atoms with E-state index in [1.54, 1.807) is 17.4 Å². The number of rotatable bonds is 6. The normalized spacial score (nSPS) is 11.5. The van der Waals surface area contributed by atoms with Crippen LogP contribution < -0.4 is 0 Å². The fourth-order valence-corrected chi connectivity index (χ4v) is 8.97. The van der Waals surface area contributed by atoms with Crippen molar-refractivity contribution in [2.45, 2.75) is 0 Å². The molecule has 0 saturated heterocycles. The minimum Gasteiger partial charge on any atom is -0.291 e. The molecule has 0 saturated carbocycles. The number of aromatic nitrogens is 2. The topological polar surface area (TPSA) is 17.8 Å². The summed E-state index contributed by atoms with van der Waals surface area (Å²) in [6.07, 6.45) is 0. The van der Waals surface area contributed by atoms with Crippen LogP contribution in [0.4, 0.5) is 4.39 Å². The third-order valence-electron chi connectivity index (χ3n) is 10.1. The Kier molecular flexibility index (Phi) is 7.55. The van der Waals surface area contributed by atoms with E-state index in [0.717, 1.165) is 81.8 Å². The van der Waals surface area contributed by atoms with Gasteiger partial charge in [-0.1, -0.05) is 158 Å². The van der Waals surface area contributed by atoms with Crippen molar-refractivity contribution < 1.29 is 4.39 Å². The van der Waals surface area contributed by atoms with Crippen LogP contribution in [0.5, 0.6) is 0 Å². The standard InChI is InChI=1S/C49H31FN2S/c50-42-24-11-10-21-36(42)35-27-28-40-45(31-35)53-48-41(30-29-37(46(40)48)32-15-4-1-5-16-32)49-51-43-25-12-13-26-44(43)52(49)47-38(33-17-6-2-7-18-33)22-14-23-39(47)34-19-8-3-9-20-34/h1-31H. The van der Waals surface area contributed by atoms with E-state index >= 15 is 4.39 Å². The summed E-state index contributed by atoms with van der Waals surface area (Å²) in [6, 6.07) is 64.6. The maximum atomic E-state index is 15.1. The van der Waals surface area contributed by atoms with Crippen LogP contribution in [0.1, 0.15) is 0 Å². The molecule has 0 amide bonds. The number of benzene rings is 8. The number of fused-ring (bicyclic) bond motifs is 4. The van der Waals surface area contributed by atoms with Crippen molar-refractivity contribution in [3.8, 4) is 61.6 Å². The van der Waals surface area contributed by atoms with Gasteiger partial charge in [0.2, 0.25) is 0 Å². The fourth-order valence-electron chi connectivity index (χ4n) is 7.70. The zero-order chi connectivity index (χ0) is 35.3. The molecule has 0 N–H and O–H groups in total. The number of hydrogen-bond donors (Lipinski definition) is 0. The molecule has 0 unspecified atom stereocenters. The smallest absolute Gasteiger partial charge is 0.147 e. The van der Waals surface area contributed by atoms with Gasteiger partial charge in [0.15, 0.2) is 0 Å². The van der Waals surface area contributed by atoms with E-state index in [2.05, 4.69) is 162 Å². The first-order valence-electron chi connectivity index (χ1n) is 17.7. The van der Waals surface area contributed by atoms with E-state index in [4.69, 9.17) is 4.98 Å². The molecule has 2 heterocycles. The quantitative estimate of drug-likeness (QED) is 0.169. The molecule has 0 bridgehead atoms. The van der Waals surface area contributed by atoms with Gasteiger partial charge in [0, 0.05) is 42.4 Å². The van der Waals surface area contributed by atoms with E-state index in [1.165, 1.54) is 11.5 Å². The molecule has 250 valence electrons. The predicted molar refractivity (Wildman–Crippen MR) is 221 cm³/mol. The van der Waals surface area contributed by atoms with Crippen molar-refractivity contribution in [2.24, 2.45) is 0 Å². The molecule has 10 rings (SSSR count). The molecular weight excluding hydrogens is 668 g/mol. The number of hydrogen-bond acceptors (Lipinski definition) is 2. The third kappa shape index (κ3) is 5.26. The van der Waals surface area contributed by atoms with E-state index < -0.39 is 0 Å². The maximum absolute atomic E-state index is 15.1. The van der Waals surface area contributed by atoms with E-state index in [0.29, 0.717) is 5.56 Å². The van der Waals surface area contributed by atoms with Crippen LogP contribution in [0.3, 0.4) is 0 Å². The van der Waals surface area contributed by atoms with Gasteiger partial charge in [-0.2, -0.15) is 0 Å². The third-order valence-corrected chi connectivity index (χ3v) is 11.3. The minimum atomic E-state index is -0.223. The first kappa shape index (κ1) is 31.1. The zero-order valence-corrected chi connectivity index (χ0v) is 29.4. The predicted octanol–water partition coefficient (Wildman–Crippen LogP) is 13.9. The van der Waals surface area contributed by atoms with Crippen LogP contribution in [-0.4, -0.2) is 9.55 Å². The zero-order valence-electron chi connectivity index (χ0n) is 28.6. The molecule has 0 atom stereocenters. The fraction of sp³-hybridized carbons (Fsp3) is 0. The molecule has 0 aliphatic carbocycles. The van der Waals surface area contributed by atoms with Crippen LogP contribution in [0.15, 0.2) is 188 Å². The Labute approximate surface area is 310 Å². The molecule has 53 heavy (non-hydrogen) atoms. The molecule has 8 aromatic carbocycles. The van der Waals surface area contributed by atoms with Gasteiger partial charge in [-0.05, 0) is 58.1 Å². The molecular formula is C49H31FN2S. The number of halogens is 1. The summed E-state index contributed by atoms with van der Waals surface area (Å²) in [5.41, 5.74) is 12.4. The Morgan fingerprint density at radius 3 is 1.70 bits per heavy atom. The summed E-state index contributed by atoms with van der Waals surface area (Å²) in [4.78, 5) is 5.45. The largest absolute Gasteiger partial charge is 0.291 e. The van der Waals surface area contributed by atoms with Crippen LogP contribution >= 0.6 is 11.3 Å². The second-order valence-corrected chi connectivity index (χ2v) is 14.3. The molecule has 10 aromatic rings. The molecule has 2 nitrogen and oxygen atoms in total. The molecule has 4 heteroatoms. The Bertz CT molecular complexity index is 2890. The molecule has 2 aromatic heterocycles. The Hall–Kier alpha value is -6.62. The van der Waals surface area contributed by atoms with Gasteiger partial charge in [-0.3, -0.25) is 4.57 Å². The monoisotopic (exact) mass is 698 g/mol. The lowest BCUT2D eigenvalue weighted by molar-refractivity contribution is 0.631. The second-order valence-electron chi connectivity index (χ2n) is 13.2. The van der Waals surface area contributed by atoms with Crippen LogP contribution in [0, 0.1) is 5.82 Å². The first-order valence-corrected chi connectivity index (χ1v) is 18.6. The summed E-state index contributed by atoms with van der Waals surface area (Å²) >= 11 is 1.75. The van der Waals surface area contributed by atoms with Crippen molar-refractivity contribution in [2.75, 3.05) is 0 Å². The number of thiophene rings is 1. The SMILES string of the molecule is Fc1ccccc1-c1ccc2c(c1)sc1c(-c3nc4ccccc4n3-c3c(-c4ccccc4)cccc3-c3ccccc3)ccc(-c3ccccc3)c12. The van der Waals surface area contributed by atoms with Crippen molar-refractivity contribution in [1.29, 1.82) is 0 Å². The molecule has 0 aliphatic heterocycles. The van der Waals surface area contributed by atoms with Gasteiger partial charge < -0.3 is 0 Å². The lowest BCUT2D eigenvalue weighted by Gasteiger charge is -2.20. The van der Waals surface area contributed by atoms with Gasteiger partial charge in [0.25, 0.3) is 0 Å². The van der Waals surface area contributed by atoms with Crippen LogP contribution in [-0.2, 0) is 0 Å². The summed E-state index contributed by atoms with van der Waals surface area (Å²) < 4.78 is 19.7. The summed E-state index contributed by atoms with van der Waals surface area (Å²) in [5.74, 6) is 0.649. The number of imidazole rings is 1. The Morgan fingerprint density at radius 2 is 1.02 bits per heavy atom. The average Bonchev–Trinajstić information content (AvgIpc) is 3.80. The van der Waals surface area contributed by atoms with E-state index in [9.17, 15) is 0 Å². The lowest BCUT2D eigenvalue weighted by atomic mass is 9.94. The highest BCUT2D eigenvalue weighted by Gasteiger charge is 2.24.